The number of benzene rings is 2. The molecule has 1 aromatic heterocycles. The van der Waals surface area contributed by atoms with E-state index in [0.29, 0.717) is 5.82 Å². The number of carbonyl (C=O) groups is 1. The number of halogens is 1. The summed E-state index contributed by atoms with van der Waals surface area (Å²) in [5.41, 5.74) is 2.14. The lowest BCUT2D eigenvalue weighted by Crippen LogP contribution is -2.15. The van der Waals surface area contributed by atoms with Gasteiger partial charge in [0.2, 0.25) is 0 Å². The van der Waals surface area contributed by atoms with E-state index in [1.54, 1.807) is 12.1 Å². The molecule has 0 aliphatic carbocycles. The summed E-state index contributed by atoms with van der Waals surface area (Å²) in [6.07, 6.45) is 1.28. The van der Waals surface area contributed by atoms with Crippen molar-refractivity contribution in [3.8, 4) is 0 Å². The Morgan fingerprint density at radius 2 is 1.77 bits per heavy atom. The number of anilines is 4. The number of nitrogens with zero attached hydrogens (tertiary/aromatic N) is 3. The Hall–Kier alpha value is -3.48. The van der Waals surface area contributed by atoms with Gasteiger partial charge in [-0.15, -0.1) is 0 Å². The van der Waals surface area contributed by atoms with Crippen LogP contribution < -0.4 is 15.5 Å². The van der Waals surface area contributed by atoms with E-state index in [1.807, 2.05) is 43.3 Å². The normalized spacial score (nSPS) is 10.3. The number of hydrogen-bond acceptors (Lipinski definition) is 5. The van der Waals surface area contributed by atoms with Crippen molar-refractivity contribution in [2.24, 2.45) is 0 Å². The van der Waals surface area contributed by atoms with Crippen LogP contribution in [-0.2, 0) is 0 Å². The second-order valence-electron chi connectivity index (χ2n) is 5.79. The molecule has 1 amide bonds. The van der Waals surface area contributed by atoms with Gasteiger partial charge in [0.1, 0.15) is 23.7 Å². The fourth-order valence-corrected chi connectivity index (χ4v) is 2.29. The zero-order chi connectivity index (χ0) is 18.5. The monoisotopic (exact) mass is 351 g/mol. The largest absolute Gasteiger partial charge is 0.378 e. The van der Waals surface area contributed by atoms with Crippen molar-refractivity contribution in [2.75, 3.05) is 29.6 Å². The van der Waals surface area contributed by atoms with Crippen molar-refractivity contribution >= 4 is 28.8 Å². The molecule has 0 bridgehead atoms. The highest BCUT2D eigenvalue weighted by molar-refractivity contribution is 6.03. The van der Waals surface area contributed by atoms with E-state index >= 15 is 0 Å². The van der Waals surface area contributed by atoms with Gasteiger partial charge in [-0.05, 0) is 36.4 Å². The number of para-hydroxylation sites is 1. The molecule has 3 rings (SSSR count). The summed E-state index contributed by atoms with van der Waals surface area (Å²) in [7, 11) is 3.93. The van der Waals surface area contributed by atoms with Gasteiger partial charge < -0.3 is 15.5 Å². The lowest BCUT2D eigenvalue weighted by atomic mass is 10.2. The molecule has 2 aromatic carbocycles. The predicted octanol–water partition coefficient (Wildman–Crippen LogP) is 3.68. The quantitative estimate of drug-likeness (QED) is 0.734. The predicted molar refractivity (Wildman–Crippen MR) is 100 cm³/mol. The van der Waals surface area contributed by atoms with E-state index in [2.05, 4.69) is 20.6 Å². The third-order valence-corrected chi connectivity index (χ3v) is 3.68. The molecule has 0 aliphatic rings. The van der Waals surface area contributed by atoms with Gasteiger partial charge in [-0.3, -0.25) is 4.79 Å². The van der Waals surface area contributed by atoms with E-state index in [4.69, 9.17) is 0 Å². The molecule has 0 atom stereocenters. The Morgan fingerprint density at radius 3 is 2.46 bits per heavy atom. The van der Waals surface area contributed by atoms with Crippen molar-refractivity contribution in [3.63, 3.8) is 0 Å². The summed E-state index contributed by atoms with van der Waals surface area (Å²) in [6.45, 7) is 0. The highest BCUT2D eigenvalue weighted by Crippen LogP contribution is 2.19. The fourth-order valence-electron chi connectivity index (χ4n) is 2.29. The summed E-state index contributed by atoms with van der Waals surface area (Å²) in [4.78, 5) is 22.4. The van der Waals surface area contributed by atoms with Crippen LogP contribution in [0.3, 0.4) is 0 Å². The Balaban J connectivity index is 1.73. The van der Waals surface area contributed by atoms with Crippen molar-refractivity contribution < 1.29 is 9.18 Å². The zero-order valence-electron chi connectivity index (χ0n) is 14.4. The topological polar surface area (TPSA) is 70.2 Å². The van der Waals surface area contributed by atoms with Crippen LogP contribution in [0, 0.1) is 5.82 Å². The smallest absolute Gasteiger partial charge is 0.274 e. The van der Waals surface area contributed by atoms with Crippen LogP contribution >= 0.6 is 0 Å². The number of carbonyl (C=O) groups excluding carboxylic acids is 1. The van der Waals surface area contributed by atoms with E-state index in [0.717, 1.165) is 11.4 Å². The van der Waals surface area contributed by atoms with Crippen LogP contribution in [0.25, 0.3) is 0 Å². The first-order chi connectivity index (χ1) is 12.5. The fraction of sp³-hybridized carbons (Fsp3) is 0.105. The summed E-state index contributed by atoms with van der Waals surface area (Å²) >= 11 is 0. The summed E-state index contributed by atoms with van der Waals surface area (Å²) in [6, 6.07) is 15.2. The Kier molecular flexibility index (Phi) is 5.07. The van der Waals surface area contributed by atoms with Gasteiger partial charge in [0.25, 0.3) is 5.91 Å². The van der Waals surface area contributed by atoms with Gasteiger partial charge in [0.15, 0.2) is 0 Å². The Labute approximate surface area is 150 Å². The highest BCUT2D eigenvalue weighted by Gasteiger charge is 2.11. The highest BCUT2D eigenvalue weighted by atomic mass is 19.1. The summed E-state index contributed by atoms with van der Waals surface area (Å²) in [5.74, 6) is -0.547. The maximum absolute atomic E-state index is 13.7. The lowest BCUT2D eigenvalue weighted by molar-refractivity contribution is 0.102. The first kappa shape index (κ1) is 17.3. The van der Waals surface area contributed by atoms with Crippen molar-refractivity contribution in [2.45, 2.75) is 0 Å². The number of nitrogens with one attached hydrogen (secondary N) is 2. The third-order valence-electron chi connectivity index (χ3n) is 3.68. The van der Waals surface area contributed by atoms with Crippen molar-refractivity contribution in [3.05, 3.63) is 72.4 Å². The Bertz CT molecular complexity index is 912. The minimum absolute atomic E-state index is 0.102. The second-order valence-corrected chi connectivity index (χ2v) is 5.79. The standard InChI is InChI=1S/C19H18FN5O/c1-25(2)14-9-7-13(8-10-14)23-18-11-17(21-12-22-18)19(26)24-16-6-4-3-5-15(16)20/h3-12H,1-2H3,(H,24,26)(H,21,22,23). The maximum atomic E-state index is 13.7. The molecule has 2 N–H and O–H groups in total. The SMILES string of the molecule is CN(C)c1ccc(Nc2cc(C(=O)Nc3ccccc3F)ncn2)cc1. The minimum Gasteiger partial charge on any atom is -0.378 e. The van der Waals surface area contributed by atoms with E-state index in [-0.39, 0.29) is 11.4 Å². The molecular weight excluding hydrogens is 333 g/mol. The Morgan fingerprint density at radius 1 is 1.04 bits per heavy atom. The van der Waals surface area contributed by atoms with E-state index in [9.17, 15) is 9.18 Å². The molecule has 0 unspecified atom stereocenters. The number of amides is 1. The maximum Gasteiger partial charge on any atom is 0.274 e. The van der Waals surface area contributed by atoms with Gasteiger partial charge in [-0.1, -0.05) is 12.1 Å². The molecule has 0 aliphatic heterocycles. The average molecular weight is 351 g/mol. The van der Waals surface area contributed by atoms with Crippen LogP contribution in [0.5, 0.6) is 0 Å². The summed E-state index contributed by atoms with van der Waals surface area (Å²) in [5, 5.41) is 5.62. The number of hydrogen-bond donors (Lipinski definition) is 2. The molecule has 7 heteroatoms. The summed E-state index contributed by atoms with van der Waals surface area (Å²) < 4.78 is 13.7. The molecular formula is C19H18FN5O. The van der Waals surface area contributed by atoms with Crippen molar-refractivity contribution in [1.29, 1.82) is 0 Å². The number of aromatic nitrogens is 2. The average Bonchev–Trinajstić information content (AvgIpc) is 2.64. The molecule has 0 fully saturated rings. The van der Waals surface area contributed by atoms with Crippen molar-refractivity contribution in [1.82, 2.24) is 9.97 Å². The molecule has 3 aromatic rings. The molecule has 26 heavy (non-hydrogen) atoms. The van der Waals surface area contributed by atoms with Crippen LogP contribution in [-0.4, -0.2) is 30.0 Å². The zero-order valence-corrected chi connectivity index (χ0v) is 14.4. The molecule has 0 spiro atoms. The van der Waals surface area contributed by atoms with Gasteiger partial charge in [0.05, 0.1) is 5.69 Å². The molecule has 0 saturated heterocycles. The first-order valence-electron chi connectivity index (χ1n) is 7.95. The molecule has 1 heterocycles. The van der Waals surface area contributed by atoms with E-state index in [1.165, 1.54) is 24.5 Å². The van der Waals surface area contributed by atoms with Gasteiger partial charge >= 0.3 is 0 Å². The minimum atomic E-state index is -0.511. The third kappa shape index (κ3) is 4.13. The van der Waals surface area contributed by atoms with Crippen LogP contribution in [0.2, 0.25) is 0 Å². The lowest BCUT2D eigenvalue weighted by Gasteiger charge is -2.13. The van der Waals surface area contributed by atoms with Crippen LogP contribution in [0.15, 0.2) is 60.9 Å². The van der Waals surface area contributed by atoms with Crippen LogP contribution in [0.4, 0.5) is 27.3 Å². The molecule has 0 saturated carbocycles. The van der Waals surface area contributed by atoms with Gasteiger partial charge in [-0.2, -0.15) is 0 Å². The molecule has 132 valence electrons. The van der Waals surface area contributed by atoms with Crippen LogP contribution in [0.1, 0.15) is 10.5 Å². The first-order valence-corrected chi connectivity index (χ1v) is 7.95. The second kappa shape index (κ2) is 7.60. The van der Waals surface area contributed by atoms with Gasteiger partial charge in [-0.25, -0.2) is 14.4 Å². The molecule has 0 radical (unpaired) electrons. The molecule has 6 nitrogen and oxygen atoms in total. The van der Waals surface area contributed by atoms with Gasteiger partial charge in [0, 0.05) is 31.5 Å². The number of rotatable bonds is 5. The van der Waals surface area contributed by atoms with E-state index < -0.39 is 11.7 Å².